The van der Waals surface area contributed by atoms with Crippen LogP contribution >= 0.6 is 0 Å². The van der Waals surface area contributed by atoms with Crippen molar-refractivity contribution in [2.75, 3.05) is 0 Å². The van der Waals surface area contributed by atoms with Gasteiger partial charge in [-0.1, -0.05) is 0 Å². The molecule has 3 rings (SSSR count). The van der Waals surface area contributed by atoms with Gasteiger partial charge in [-0.25, -0.2) is 4.52 Å². The number of aromatic nitrogens is 4. The van der Waals surface area contributed by atoms with Crippen LogP contribution in [0.5, 0.6) is 0 Å². The average molecular weight is 218 g/mol. The van der Waals surface area contributed by atoms with E-state index in [1.807, 2.05) is 13.0 Å². The minimum Gasteiger partial charge on any atom is -0.481 e. The quantitative estimate of drug-likeness (QED) is 0.755. The lowest BCUT2D eigenvalue weighted by molar-refractivity contribution is -0.138. The van der Waals surface area contributed by atoms with E-state index in [0.29, 0.717) is 24.2 Å². The van der Waals surface area contributed by atoms with Gasteiger partial charge in [-0.3, -0.25) is 4.79 Å². The first kappa shape index (κ1) is 9.26. The summed E-state index contributed by atoms with van der Waals surface area (Å²) in [5.74, 6) is -1.37. The molecule has 0 saturated heterocycles. The number of aliphatic carboxylic acids is 1. The molecule has 0 amide bonds. The smallest absolute Gasteiger partial charge is 0.312 e. The highest BCUT2D eigenvalue weighted by molar-refractivity contribution is 5.76. The zero-order chi connectivity index (χ0) is 11.3. The van der Waals surface area contributed by atoms with Gasteiger partial charge >= 0.3 is 5.97 Å². The maximum Gasteiger partial charge on any atom is 0.312 e. The molecule has 0 spiro atoms. The molecule has 0 radical (unpaired) electrons. The highest BCUT2D eigenvalue weighted by Gasteiger charge is 2.32. The van der Waals surface area contributed by atoms with Crippen LogP contribution in [0.2, 0.25) is 0 Å². The molecule has 0 fully saturated rings. The summed E-state index contributed by atoms with van der Waals surface area (Å²) in [4.78, 5) is 11.0. The molecular weight excluding hydrogens is 208 g/mol. The molecule has 1 N–H and O–H groups in total. The van der Waals surface area contributed by atoms with Gasteiger partial charge in [0.1, 0.15) is 5.92 Å². The standard InChI is InChI=1S/C10H10N4O2/c1-5-4-8-11-12-9-6(10(15)16)2-3-7(9)14(8)13-5/h4,6H,2-3H2,1H3,(H,15,16). The van der Waals surface area contributed by atoms with Crippen LogP contribution < -0.4 is 0 Å². The summed E-state index contributed by atoms with van der Waals surface area (Å²) in [6, 6.07) is 1.83. The van der Waals surface area contributed by atoms with Crippen molar-refractivity contribution in [3.63, 3.8) is 0 Å². The molecule has 0 bridgehead atoms. The number of carboxylic acids is 1. The first-order valence-electron chi connectivity index (χ1n) is 5.11. The predicted octanol–water partition coefficient (Wildman–Crippen LogP) is 0.547. The Morgan fingerprint density at radius 1 is 1.56 bits per heavy atom. The molecule has 1 aliphatic rings. The molecule has 16 heavy (non-hydrogen) atoms. The van der Waals surface area contributed by atoms with Crippen LogP contribution in [0.15, 0.2) is 6.07 Å². The first-order valence-corrected chi connectivity index (χ1v) is 5.11. The van der Waals surface area contributed by atoms with E-state index in [2.05, 4.69) is 15.3 Å². The molecule has 0 aliphatic heterocycles. The molecule has 1 atom stereocenters. The van der Waals surface area contributed by atoms with Crippen LogP contribution in [0.25, 0.3) is 5.65 Å². The van der Waals surface area contributed by atoms with Crippen molar-refractivity contribution in [1.29, 1.82) is 0 Å². The molecular formula is C10H10N4O2. The summed E-state index contributed by atoms with van der Waals surface area (Å²) in [5.41, 5.74) is 2.98. The number of rotatable bonds is 1. The lowest BCUT2D eigenvalue weighted by Crippen LogP contribution is -2.11. The third kappa shape index (κ3) is 1.13. The van der Waals surface area contributed by atoms with Gasteiger partial charge in [0.15, 0.2) is 5.65 Å². The van der Waals surface area contributed by atoms with Crippen LogP contribution in [0.1, 0.15) is 29.4 Å². The Bertz CT molecular complexity index is 590. The number of hydrogen-bond donors (Lipinski definition) is 1. The van der Waals surface area contributed by atoms with E-state index >= 15 is 0 Å². The van der Waals surface area contributed by atoms with E-state index < -0.39 is 11.9 Å². The Balaban J connectivity index is 2.26. The predicted molar refractivity (Wildman–Crippen MR) is 54.2 cm³/mol. The maximum absolute atomic E-state index is 11.0. The van der Waals surface area contributed by atoms with E-state index in [1.165, 1.54) is 0 Å². The number of carboxylic acid groups (broad SMARTS) is 1. The van der Waals surface area contributed by atoms with E-state index in [9.17, 15) is 4.79 Å². The van der Waals surface area contributed by atoms with E-state index in [0.717, 1.165) is 11.4 Å². The Morgan fingerprint density at radius 3 is 3.12 bits per heavy atom. The van der Waals surface area contributed by atoms with Gasteiger partial charge < -0.3 is 5.11 Å². The Kier molecular flexibility index (Phi) is 1.74. The van der Waals surface area contributed by atoms with Crippen molar-refractivity contribution in [3.05, 3.63) is 23.1 Å². The van der Waals surface area contributed by atoms with E-state index in [1.54, 1.807) is 4.52 Å². The minimum atomic E-state index is -0.837. The molecule has 0 saturated carbocycles. The number of carbonyl (C=O) groups is 1. The van der Waals surface area contributed by atoms with E-state index in [4.69, 9.17) is 5.11 Å². The minimum absolute atomic E-state index is 0.531. The lowest BCUT2D eigenvalue weighted by atomic mass is 10.1. The molecule has 2 heterocycles. The fourth-order valence-electron chi connectivity index (χ4n) is 2.19. The van der Waals surface area contributed by atoms with E-state index in [-0.39, 0.29) is 0 Å². The average Bonchev–Trinajstić information content (AvgIpc) is 2.77. The van der Waals surface area contributed by atoms with Crippen molar-refractivity contribution in [3.8, 4) is 0 Å². The SMILES string of the molecule is Cc1cc2nnc3c(n2n1)CCC3C(=O)O. The zero-order valence-corrected chi connectivity index (χ0v) is 8.71. The molecule has 6 nitrogen and oxygen atoms in total. The normalized spacial score (nSPS) is 18.9. The third-order valence-electron chi connectivity index (χ3n) is 2.92. The van der Waals surface area contributed by atoms with Crippen LogP contribution in [0, 0.1) is 6.92 Å². The van der Waals surface area contributed by atoms with Crippen molar-refractivity contribution < 1.29 is 9.90 Å². The van der Waals surface area contributed by atoms with Crippen LogP contribution in [-0.2, 0) is 11.2 Å². The fraction of sp³-hybridized carbons (Fsp3) is 0.400. The summed E-state index contributed by atoms with van der Waals surface area (Å²) in [7, 11) is 0. The summed E-state index contributed by atoms with van der Waals surface area (Å²) in [6.45, 7) is 1.88. The second-order valence-electron chi connectivity index (χ2n) is 4.02. The molecule has 1 aliphatic carbocycles. The van der Waals surface area contributed by atoms with Crippen molar-refractivity contribution >= 4 is 11.6 Å². The molecule has 1 unspecified atom stereocenters. The largest absolute Gasteiger partial charge is 0.481 e. The monoisotopic (exact) mass is 218 g/mol. The number of fused-ring (bicyclic) bond motifs is 3. The molecule has 6 heteroatoms. The van der Waals surface area contributed by atoms with Crippen LogP contribution in [0.4, 0.5) is 0 Å². The topological polar surface area (TPSA) is 80.4 Å². The van der Waals surface area contributed by atoms with Crippen LogP contribution in [0.3, 0.4) is 0 Å². The van der Waals surface area contributed by atoms with Crippen molar-refractivity contribution in [1.82, 2.24) is 19.8 Å². The molecule has 2 aromatic rings. The van der Waals surface area contributed by atoms with Gasteiger partial charge in [0.25, 0.3) is 0 Å². The molecule has 0 aromatic carbocycles. The highest BCUT2D eigenvalue weighted by atomic mass is 16.4. The summed E-state index contributed by atoms with van der Waals surface area (Å²) in [6.07, 6.45) is 1.27. The second-order valence-corrected chi connectivity index (χ2v) is 4.02. The van der Waals surface area contributed by atoms with Gasteiger partial charge in [-0.15, -0.1) is 5.10 Å². The Labute approximate surface area is 90.9 Å². The number of aryl methyl sites for hydroxylation is 2. The number of nitrogens with zero attached hydrogens (tertiary/aromatic N) is 4. The fourth-order valence-corrected chi connectivity index (χ4v) is 2.19. The summed E-state index contributed by atoms with van der Waals surface area (Å²) in [5, 5.41) is 21.3. The Morgan fingerprint density at radius 2 is 2.38 bits per heavy atom. The molecule has 82 valence electrons. The van der Waals surface area contributed by atoms with Gasteiger partial charge in [0, 0.05) is 6.07 Å². The van der Waals surface area contributed by atoms with Gasteiger partial charge in [0.2, 0.25) is 0 Å². The second kappa shape index (κ2) is 3.01. The first-order chi connectivity index (χ1) is 7.66. The number of hydrogen-bond acceptors (Lipinski definition) is 4. The highest BCUT2D eigenvalue weighted by Crippen LogP contribution is 2.31. The zero-order valence-electron chi connectivity index (χ0n) is 8.71. The summed E-state index contributed by atoms with van der Waals surface area (Å²) < 4.78 is 1.71. The summed E-state index contributed by atoms with van der Waals surface area (Å²) >= 11 is 0. The maximum atomic E-state index is 11.0. The Hall–Kier alpha value is -1.98. The molecule has 2 aromatic heterocycles. The van der Waals surface area contributed by atoms with Gasteiger partial charge in [-0.05, 0) is 19.8 Å². The van der Waals surface area contributed by atoms with Gasteiger partial charge in [-0.2, -0.15) is 10.2 Å². The van der Waals surface area contributed by atoms with Crippen molar-refractivity contribution in [2.45, 2.75) is 25.7 Å². The van der Waals surface area contributed by atoms with Gasteiger partial charge in [0.05, 0.1) is 17.1 Å². The third-order valence-corrected chi connectivity index (χ3v) is 2.92. The van der Waals surface area contributed by atoms with Crippen LogP contribution in [-0.4, -0.2) is 30.9 Å². The van der Waals surface area contributed by atoms with Crippen molar-refractivity contribution in [2.24, 2.45) is 0 Å². The lowest BCUT2D eigenvalue weighted by Gasteiger charge is -2.03.